The number of rotatable bonds is 7. The number of piperidine rings is 1. The van der Waals surface area contributed by atoms with E-state index < -0.39 is 4.83 Å². The molecule has 1 aromatic rings. The van der Waals surface area contributed by atoms with Crippen LogP contribution in [0.15, 0.2) is 40.3 Å². The Balaban J connectivity index is 2.18. The number of hydrogen-bond acceptors (Lipinski definition) is 4. The summed E-state index contributed by atoms with van der Waals surface area (Å²) in [6.07, 6.45) is 6.98. The zero-order chi connectivity index (χ0) is 22.1. The van der Waals surface area contributed by atoms with Gasteiger partial charge in [-0.2, -0.15) is 3.89 Å². The number of aryl methyl sites for hydroxylation is 1. The number of aliphatic imine (C=N–C) groups is 2. The number of amidine groups is 2. The maximum absolute atomic E-state index is 12.9. The van der Waals surface area contributed by atoms with Gasteiger partial charge in [0.05, 0.1) is 24.9 Å². The van der Waals surface area contributed by atoms with Crippen molar-refractivity contribution in [3.05, 3.63) is 35.9 Å². The number of likely N-dealkylation sites (tertiary alicyclic amines) is 1. The van der Waals surface area contributed by atoms with Gasteiger partial charge < -0.3 is 14.7 Å². The van der Waals surface area contributed by atoms with E-state index in [4.69, 9.17) is 14.7 Å². The van der Waals surface area contributed by atoms with Crippen LogP contribution in [0.25, 0.3) is 0 Å². The fourth-order valence-corrected chi connectivity index (χ4v) is 3.89. The maximum atomic E-state index is 12.9. The van der Waals surface area contributed by atoms with Crippen LogP contribution >= 0.6 is 12.1 Å². The predicted octanol–water partition coefficient (Wildman–Crippen LogP) is 4.42. The molecular formula is C22H33BFN3O2S. The van der Waals surface area contributed by atoms with Crippen LogP contribution in [-0.4, -0.2) is 54.6 Å². The minimum Gasteiger partial charge on any atom is -0.497 e. The molecule has 1 saturated heterocycles. The highest BCUT2D eigenvalue weighted by Crippen LogP contribution is 2.32. The summed E-state index contributed by atoms with van der Waals surface area (Å²) in [5.74, 6) is 2.74. The van der Waals surface area contributed by atoms with Gasteiger partial charge in [-0.3, -0.25) is 0 Å². The normalized spacial score (nSPS) is 18.7. The Labute approximate surface area is 185 Å². The average molecular weight is 433 g/mol. The largest absolute Gasteiger partial charge is 0.497 e. The third-order valence-corrected chi connectivity index (χ3v) is 5.81. The van der Waals surface area contributed by atoms with E-state index in [1.54, 1.807) is 15.0 Å². The van der Waals surface area contributed by atoms with Crippen LogP contribution in [0.4, 0.5) is 9.57 Å². The zero-order valence-electron chi connectivity index (χ0n) is 18.7. The Morgan fingerprint density at radius 1 is 1.43 bits per heavy atom. The number of methoxy groups -OCH3 is 1. The lowest BCUT2D eigenvalue weighted by Crippen LogP contribution is -2.40. The van der Waals surface area contributed by atoms with Gasteiger partial charge >= 0.3 is 0 Å². The van der Waals surface area contributed by atoms with E-state index in [0.29, 0.717) is 18.8 Å². The fourth-order valence-electron chi connectivity index (χ4n) is 3.59. The maximum Gasteiger partial charge on any atom is 0.159 e. The molecule has 1 unspecified atom stereocenters. The lowest BCUT2D eigenvalue weighted by molar-refractivity contribution is 0.154. The van der Waals surface area contributed by atoms with Crippen molar-refractivity contribution in [3.63, 3.8) is 0 Å². The Morgan fingerprint density at radius 3 is 2.70 bits per heavy atom. The predicted molar refractivity (Wildman–Crippen MR) is 128 cm³/mol. The highest BCUT2D eigenvalue weighted by molar-refractivity contribution is 7.96. The monoisotopic (exact) mass is 433 g/mol. The molecule has 1 aliphatic rings. The van der Waals surface area contributed by atoms with E-state index in [9.17, 15) is 8.99 Å². The second-order valence-electron chi connectivity index (χ2n) is 7.89. The summed E-state index contributed by atoms with van der Waals surface area (Å²) in [5, 5.41) is 10.0. The summed E-state index contributed by atoms with van der Waals surface area (Å²) >= 11 is 0.0343. The molecule has 164 valence electrons. The van der Waals surface area contributed by atoms with Crippen molar-refractivity contribution in [1.82, 2.24) is 4.90 Å². The van der Waals surface area contributed by atoms with Gasteiger partial charge in [0, 0.05) is 25.6 Å². The molecule has 2 rings (SSSR count). The van der Waals surface area contributed by atoms with Crippen LogP contribution in [0.3, 0.4) is 0 Å². The molecule has 0 radical (unpaired) electrons. The van der Waals surface area contributed by atoms with Gasteiger partial charge in [-0.25, -0.2) is 9.98 Å². The van der Waals surface area contributed by atoms with Crippen LogP contribution < -0.4 is 4.74 Å². The number of aliphatic hydroxyl groups is 1. The number of hydrogen-bond donors (Lipinski definition) is 1. The van der Waals surface area contributed by atoms with E-state index in [1.165, 1.54) is 0 Å². The van der Waals surface area contributed by atoms with Crippen molar-refractivity contribution in [2.45, 2.75) is 51.3 Å². The molecule has 0 spiro atoms. The molecular weight excluding hydrogens is 400 g/mol. The number of allylic oxidation sites excluding steroid dienone is 1. The minimum atomic E-state index is -1.30. The van der Waals surface area contributed by atoms with Gasteiger partial charge in [-0.05, 0) is 56.7 Å². The van der Waals surface area contributed by atoms with Crippen molar-refractivity contribution in [2.75, 3.05) is 20.2 Å². The summed E-state index contributed by atoms with van der Waals surface area (Å²) in [4.78, 5) is 10.6. The van der Waals surface area contributed by atoms with Crippen molar-refractivity contribution in [1.29, 1.82) is 0 Å². The second kappa shape index (κ2) is 11.6. The van der Waals surface area contributed by atoms with Crippen molar-refractivity contribution in [2.24, 2.45) is 15.9 Å². The standard InChI is InChI=1S/C22H33BFN3O2S/c1-5-7-21(27-12-10-17(11-13-27)15-22(23,28)30-24)26-20(6-2)25-19-14-18(29-4)9-8-16(19)3/h5,7-9,14,17,28H,6,10-13,15,23H2,1-4H3/b7-5-,25-20+,26-21+. The van der Waals surface area contributed by atoms with E-state index in [2.05, 4.69) is 4.90 Å². The van der Waals surface area contributed by atoms with E-state index in [-0.39, 0.29) is 12.1 Å². The summed E-state index contributed by atoms with van der Waals surface area (Å²) in [6.45, 7) is 7.71. The van der Waals surface area contributed by atoms with Crippen LogP contribution in [0, 0.1) is 12.8 Å². The molecule has 0 aliphatic carbocycles. The first kappa shape index (κ1) is 24.5. The van der Waals surface area contributed by atoms with Crippen LogP contribution in [0.2, 0.25) is 0 Å². The molecule has 1 aliphatic heterocycles. The Kier molecular flexibility index (Phi) is 9.43. The number of benzene rings is 1. The first-order chi connectivity index (χ1) is 14.3. The third kappa shape index (κ3) is 7.16. The SMILES string of the molecule is BC(O)(CC1CCN(C(/C=C\C)=N/C(CC)=N/c2cc(OC)ccc2C)CC1)SF. The van der Waals surface area contributed by atoms with Crippen molar-refractivity contribution < 1.29 is 13.7 Å². The molecule has 1 atom stereocenters. The first-order valence-electron chi connectivity index (χ1n) is 10.5. The van der Waals surface area contributed by atoms with Crippen molar-refractivity contribution in [3.8, 4) is 5.75 Å². The third-order valence-electron chi connectivity index (χ3n) is 5.31. The summed E-state index contributed by atoms with van der Waals surface area (Å²) in [5.41, 5.74) is 1.93. The smallest absolute Gasteiger partial charge is 0.159 e. The molecule has 1 fully saturated rings. The Morgan fingerprint density at radius 2 is 2.13 bits per heavy atom. The molecule has 30 heavy (non-hydrogen) atoms. The van der Waals surface area contributed by atoms with Gasteiger partial charge in [0.15, 0.2) is 7.85 Å². The lowest BCUT2D eigenvalue weighted by atomic mass is 9.83. The lowest BCUT2D eigenvalue weighted by Gasteiger charge is -2.35. The van der Waals surface area contributed by atoms with Gasteiger partial charge in [-0.15, -0.1) is 0 Å². The highest BCUT2D eigenvalue weighted by Gasteiger charge is 2.29. The highest BCUT2D eigenvalue weighted by atomic mass is 32.2. The molecule has 8 heteroatoms. The number of nitrogens with zero attached hydrogens (tertiary/aromatic N) is 3. The molecule has 0 saturated carbocycles. The quantitative estimate of drug-likeness (QED) is 0.299. The minimum absolute atomic E-state index is 0.0343. The molecule has 1 heterocycles. The topological polar surface area (TPSA) is 57.4 Å². The molecule has 0 amide bonds. The number of halogens is 1. The Hall–Kier alpha value is -1.80. The molecule has 0 bridgehead atoms. The summed E-state index contributed by atoms with van der Waals surface area (Å²) in [7, 11) is 3.19. The average Bonchev–Trinajstić information content (AvgIpc) is 2.74. The number of ether oxygens (including phenoxy) is 1. The van der Waals surface area contributed by atoms with E-state index in [0.717, 1.165) is 54.6 Å². The summed E-state index contributed by atoms with van der Waals surface area (Å²) < 4.78 is 18.2. The van der Waals surface area contributed by atoms with Gasteiger partial charge in [0.25, 0.3) is 0 Å². The van der Waals surface area contributed by atoms with Crippen LogP contribution in [0.5, 0.6) is 5.75 Å². The van der Waals surface area contributed by atoms with E-state index >= 15 is 0 Å². The molecule has 1 aromatic carbocycles. The van der Waals surface area contributed by atoms with Gasteiger partial charge in [-0.1, -0.05) is 19.1 Å². The van der Waals surface area contributed by atoms with E-state index in [1.807, 2.05) is 51.1 Å². The summed E-state index contributed by atoms with van der Waals surface area (Å²) in [6, 6.07) is 5.85. The molecule has 1 N–H and O–H groups in total. The first-order valence-corrected chi connectivity index (χ1v) is 11.2. The van der Waals surface area contributed by atoms with Crippen molar-refractivity contribution >= 4 is 37.4 Å². The van der Waals surface area contributed by atoms with Gasteiger partial charge in [0.1, 0.15) is 22.3 Å². The Bertz CT molecular complexity index is 791. The van der Waals surface area contributed by atoms with Crippen LogP contribution in [0.1, 0.15) is 45.1 Å². The van der Waals surface area contributed by atoms with Crippen LogP contribution in [-0.2, 0) is 0 Å². The van der Waals surface area contributed by atoms with Gasteiger partial charge in [0.2, 0.25) is 0 Å². The molecule has 0 aromatic heterocycles. The fraction of sp³-hybridized carbons (Fsp3) is 0.545. The zero-order valence-corrected chi connectivity index (χ0v) is 19.5. The second-order valence-corrected chi connectivity index (χ2v) is 8.92. The molecule has 5 nitrogen and oxygen atoms in total.